The van der Waals surface area contributed by atoms with Crippen LogP contribution in [0.3, 0.4) is 0 Å². The van der Waals surface area contributed by atoms with Gasteiger partial charge in [-0.15, -0.1) is 0 Å². The van der Waals surface area contributed by atoms with E-state index in [1.807, 2.05) is 0 Å². The van der Waals surface area contributed by atoms with E-state index in [9.17, 15) is 4.79 Å². The lowest BCUT2D eigenvalue weighted by Crippen LogP contribution is -2.50. The Kier molecular flexibility index (Phi) is 5.82. The Hall–Kier alpha value is -1.81. The fraction of sp³-hybridized carbons (Fsp3) is 0.609. The Labute approximate surface area is 162 Å². The fourth-order valence-electron chi connectivity index (χ4n) is 5.21. The fourth-order valence-corrected chi connectivity index (χ4v) is 5.21. The zero-order valence-electron chi connectivity index (χ0n) is 16.6. The molecule has 2 aliphatic rings. The molecule has 0 aliphatic carbocycles. The summed E-state index contributed by atoms with van der Waals surface area (Å²) < 4.78 is 2.18. The molecule has 27 heavy (non-hydrogen) atoms. The number of amides is 1. The van der Waals surface area contributed by atoms with E-state index in [2.05, 4.69) is 52.3 Å². The van der Waals surface area contributed by atoms with Crippen molar-refractivity contribution < 1.29 is 4.79 Å². The lowest BCUT2D eigenvalue weighted by atomic mass is 9.83. The van der Waals surface area contributed by atoms with Gasteiger partial charge in [-0.1, -0.05) is 24.6 Å². The van der Waals surface area contributed by atoms with E-state index in [1.54, 1.807) is 0 Å². The minimum absolute atomic E-state index is 0.225. The lowest BCUT2D eigenvalue weighted by Gasteiger charge is -2.44. The first-order valence-electron chi connectivity index (χ1n) is 10.8. The molecule has 4 nitrogen and oxygen atoms in total. The van der Waals surface area contributed by atoms with Crippen LogP contribution in [0.2, 0.25) is 0 Å². The summed E-state index contributed by atoms with van der Waals surface area (Å²) in [4.78, 5) is 15.0. The monoisotopic (exact) mass is 367 g/mol. The number of carbonyl (C=O) groups is 1. The van der Waals surface area contributed by atoms with E-state index in [-0.39, 0.29) is 5.91 Å². The van der Waals surface area contributed by atoms with E-state index < -0.39 is 0 Å². The highest BCUT2D eigenvalue weighted by molar-refractivity contribution is 5.84. The summed E-state index contributed by atoms with van der Waals surface area (Å²) >= 11 is 0. The smallest absolute Gasteiger partial charge is 0.220 e. The predicted molar refractivity (Wildman–Crippen MR) is 111 cm³/mol. The van der Waals surface area contributed by atoms with Gasteiger partial charge in [-0.3, -0.25) is 4.79 Å². The molecule has 0 spiro atoms. The molecular formula is C23H33N3O. The van der Waals surface area contributed by atoms with Gasteiger partial charge in [0, 0.05) is 43.2 Å². The molecule has 2 unspecified atom stereocenters. The number of fused-ring (bicyclic) bond motifs is 2. The van der Waals surface area contributed by atoms with Crippen molar-refractivity contribution in [3.63, 3.8) is 0 Å². The van der Waals surface area contributed by atoms with Crippen LogP contribution in [0.5, 0.6) is 0 Å². The highest BCUT2D eigenvalue weighted by Crippen LogP contribution is 2.30. The third-order valence-corrected chi connectivity index (χ3v) is 6.62. The van der Waals surface area contributed by atoms with Gasteiger partial charge in [-0.25, -0.2) is 0 Å². The standard InChI is InChI=1S/C23H33N3O/c1-25-17-19(20-10-2-3-12-22(20)25)8-6-13-23(27)24-16-18-9-7-15-26-14-5-4-11-21(18)26/h2-3,10,12,17-18,21H,4-9,11,13-16H2,1H3,(H,24,27). The van der Waals surface area contributed by atoms with Crippen LogP contribution in [0.1, 0.15) is 50.5 Å². The van der Waals surface area contributed by atoms with Crippen molar-refractivity contribution in [3.8, 4) is 0 Å². The lowest BCUT2D eigenvalue weighted by molar-refractivity contribution is -0.121. The van der Waals surface area contributed by atoms with E-state index in [0.29, 0.717) is 18.4 Å². The van der Waals surface area contributed by atoms with Crippen molar-refractivity contribution in [1.29, 1.82) is 0 Å². The molecule has 1 aromatic carbocycles. The van der Waals surface area contributed by atoms with Crippen LogP contribution < -0.4 is 5.32 Å². The number of para-hydroxylation sites is 1. The van der Waals surface area contributed by atoms with Crippen molar-refractivity contribution in [2.24, 2.45) is 13.0 Å². The van der Waals surface area contributed by atoms with Crippen LogP contribution in [0.25, 0.3) is 10.9 Å². The van der Waals surface area contributed by atoms with Gasteiger partial charge >= 0.3 is 0 Å². The third kappa shape index (κ3) is 4.21. The molecule has 2 atom stereocenters. The van der Waals surface area contributed by atoms with E-state index in [1.165, 1.54) is 61.7 Å². The summed E-state index contributed by atoms with van der Waals surface area (Å²) in [5, 5.41) is 4.56. The first kappa shape index (κ1) is 18.5. The second kappa shape index (κ2) is 8.47. The summed E-state index contributed by atoms with van der Waals surface area (Å²) in [7, 11) is 2.09. The number of hydrogen-bond donors (Lipinski definition) is 1. The largest absolute Gasteiger partial charge is 0.356 e. The molecule has 1 N–H and O–H groups in total. The second-order valence-corrected chi connectivity index (χ2v) is 8.44. The Balaban J connectivity index is 1.24. The normalized spacial score (nSPS) is 23.3. The number of aryl methyl sites for hydroxylation is 2. The van der Waals surface area contributed by atoms with Gasteiger partial charge in [0.1, 0.15) is 0 Å². The van der Waals surface area contributed by atoms with Gasteiger partial charge in [0.05, 0.1) is 0 Å². The number of rotatable bonds is 6. The summed E-state index contributed by atoms with van der Waals surface area (Å²) in [5.41, 5.74) is 2.62. The molecule has 1 aromatic heterocycles. The van der Waals surface area contributed by atoms with Crippen molar-refractivity contribution in [2.75, 3.05) is 19.6 Å². The molecule has 2 aliphatic heterocycles. The molecule has 146 valence electrons. The zero-order chi connectivity index (χ0) is 18.6. The molecule has 0 saturated carbocycles. The van der Waals surface area contributed by atoms with Crippen LogP contribution in [0.15, 0.2) is 30.5 Å². The summed E-state index contributed by atoms with van der Waals surface area (Å²) in [6, 6.07) is 9.23. The zero-order valence-corrected chi connectivity index (χ0v) is 16.6. The maximum absolute atomic E-state index is 12.4. The Bertz CT molecular complexity index is 779. The number of hydrogen-bond acceptors (Lipinski definition) is 2. The average Bonchev–Trinajstić information content (AvgIpc) is 3.02. The van der Waals surface area contributed by atoms with Crippen molar-refractivity contribution in [1.82, 2.24) is 14.8 Å². The summed E-state index contributed by atoms with van der Waals surface area (Å²) in [6.45, 7) is 3.40. The SMILES string of the molecule is Cn1cc(CCCC(=O)NCC2CCCN3CCCCC23)c2ccccc21. The van der Waals surface area contributed by atoms with Gasteiger partial charge < -0.3 is 14.8 Å². The molecule has 0 radical (unpaired) electrons. The Morgan fingerprint density at radius 2 is 2.00 bits per heavy atom. The summed E-state index contributed by atoms with van der Waals surface area (Å²) in [5.74, 6) is 0.879. The van der Waals surface area contributed by atoms with Gasteiger partial charge in [0.25, 0.3) is 0 Å². The van der Waals surface area contributed by atoms with Gasteiger partial charge in [-0.2, -0.15) is 0 Å². The van der Waals surface area contributed by atoms with Crippen LogP contribution >= 0.6 is 0 Å². The van der Waals surface area contributed by atoms with E-state index >= 15 is 0 Å². The highest BCUT2D eigenvalue weighted by atomic mass is 16.1. The quantitative estimate of drug-likeness (QED) is 0.841. The summed E-state index contributed by atoms with van der Waals surface area (Å²) in [6.07, 6.45) is 11.3. The molecule has 0 bridgehead atoms. The number of nitrogens with one attached hydrogen (secondary N) is 1. The number of carbonyl (C=O) groups excluding carboxylic acids is 1. The van der Waals surface area contributed by atoms with Crippen molar-refractivity contribution in [3.05, 3.63) is 36.0 Å². The number of nitrogens with zero attached hydrogens (tertiary/aromatic N) is 2. The molecule has 2 saturated heterocycles. The van der Waals surface area contributed by atoms with Crippen LogP contribution in [0, 0.1) is 5.92 Å². The minimum atomic E-state index is 0.225. The molecule has 2 fully saturated rings. The molecule has 2 aromatic rings. The number of benzene rings is 1. The van der Waals surface area contributed by atoms with Crippen molar-refractivity contribution >= 4 is 16.8 Å². The molecule has 1 amide bonds. The van der Waals surface area contributed by atoms with Crippen LogP contribution in [0.4, 0.5) is 0 Å². The predicted octanol–water partition coefficient (Wildman–Crippen LogP) is 3.88. The first-order valence-corrected chi connectivity index (χ1v) is 10.8. The van der Waals surface area contributed by atoms with Gasteiger partial charge in [0.15, 0.2) is 0 Å². The molecule has 3 heterocycles. The Morgan fingerprint density at radius 3 is 2.93 bits per heavy atom. The van der Waals surface area contributed by atoms with Crippen molar-refractivity contribution in [2.45, 2.75) is 57.4 Å². The molecule has 4 heteroatoms. The van der Waals surface area contributed by atoms with Gasteiger partial charge in [-0.05, 0) is 69.2 Å². The average molecular weight is 368 g/mol. The second-order valence-electron chi connectivity index (χ2n) is 8.44. The van der Waals surface area contributed by atoms with E-state index in [0.717, 1.165) is 19.4 Å². The number of aromatic nitrogens is 1. The van der Waals surface area contributed by atoms with Crippen LogP contribution in [-0.4, -0.2) is 41.1 Å². The highest BCUT2D eigenvalue weighted by Gasteiger charge is 2.32. The maximum atomic E-state index is 12.4. The topological polar surface area (TPSA) is 37.3 Å². The number of piperidine rings is 2. The minimum Gasteiger partial charge on any atom is -0.356 e. The van der Waals surface area contributed by atoms with Gasteiger partial charge in [0.2, 0.25) is 5.91 Å². The first-order chi connectivity index (χ1) is 13.2. The van der Waals surface area contributed by atoms with E-state index in [4.69, 9.17) is 0 Å². The Morgan fingerprint density at radius 1 is 1.15 bits per heavy atom. The molecule has 4 rings (SSSR count). The van der Waals surface area contributed by atoms with Crippen LogP contribution in [-0.2, 0) is 18.3 Å². The third-order valence-electron chi connectivity index (χ3n) is 6.62. The maximum Gasteiger partial charge on any atom is 0.220 e. The molecular weight excluding hydrogens is 334 g/mol.